The van der Waals surface area contributed by atoms with Crippen LogP contribution in [0.3, 0.4) is 0 Å². The SMILES string of the molecule is CCc1cccc(NC(=O)N2CCN(c3nc(C)nc(C)c3Cc3cccc(F)c3)CC2)c1. The molecule has 172 valence electrons. The van der Waals surface area contributed by atoms with Crippen LogP contribution >= 0.6 is 0 Å². The van der Waals surface area contributed by atoms with Crippen LogP contribution in [0.5, 0.6) is 0 Å². The molecule has 1 aliphatic heterocycles. The molecule has 0 saturated carbocycles. The van der Waals surface area contributed by atoms with Crippen molar-refractivity contribution >= 4 is 17.5 Å². The lowest BCUT2D eigenvalue weighted by atomic mass is 10.0. The van der Waals surface area contributed by atoms with Crippen molar-refractivity contribution in [1.29, 1.82) is 0 Å². The Labute approximate surface area is 194 Å². The van der Waals surface area contributed by atoms with Gasteiger partial charge in [0.25, 0.3) is 0 Å². The Hall–Kier alpha value is -3.48. The lowest BCUT2D eigenvalue weighted by Gasteiger charge is -2.36. The van der Waals surface area contributed by atoms with Gasteiger partial charge >= 0.3 is 6.03 Å². The fourth-order valence-electron chi connectivity index (χ4n) is 4.23. The maximum Gasteiger partial charge on any atom is 0.321 e. The number of nitrogens with zero attached hydrogens (tertiary/aromatic N) is 4. The number of piperazine rings is 1. The number of aryl methyl sites for hydroxylation is 3. The molecule has 1 saturated heterocycles. The molecule has 1 aromatic heterocycles. The molecule has 1 N–H and O–H groups in total. The summed E-state index contributed by atoms with van der Waals surface area (Å²) in [6.45, 7) is 8.50. The van der Waals surface area contributed by atoms with Crippen LogP contribution in [0.2, 0.25) is 0 Å². The third kappa shape index (κ3) is 5.48. The highest BCUT2D eigenvalue weighted by molar-refractivity contribution is 5.89. The third-order valence-corrected chi connectivity index (χ3v) is 6.03. The lowest BCUT2D eigenvalue weighted by Crippen LogP contribution is -2.50. The second kappa shape index (κ2) is 9.98. The molecule has 0 atom stereocenters. The number of benzene rings is 2. The molecule has 7 heteroatoms. The molecule has 3 aromatic rings. The Morgan fingerprint density at radius 2 is 1.73 bits per heavy atom. The topological polar surface area (TPSA) is 61.4 Å². The molecule has 2 aromatic carbocycles. The monoisotopic (exact) mass is 447 g/mol. The first-order chi connectivity index (χ1) is 15.9. The summed E-state index contributed by atoms with van der Waals surface area (Å²) < 4.78 is 13.7. The maximum atomic E-state index is 13.7. The van der Waals surface area contributed by atoms with Crippen molar-refractivity contribution in [3.05, 3.63) is 82.6 Å². The zero-order chi connectivity index (χ0) is 23.4. The van der Waals surface area contributed by atoms with Gasteiger partial charge in [-0.05, 0) is 55.7 Å². The minimum Gasteiger partial charge on any atom is -0.353 e. The minimum atomic E-state index is -0.246. The van der Waals surface area contributed by atoms with Crippen molar-refractivity contribution in [3.63, 3.8) is 0 Å². The summed E-state index contributed by atoms with van der Waals surface area (Å²) in [4.78, 5) is 26.1. The smallest absolute Gasteiger partial charge is 0.321 e. The standard InChI is InChI=1S/C26H30FN5O/c1-4-20-7-6-10-23(16-20)30-26(33)32-13-11-31(12-14-32)25-24(18(2)28-19(3)29-25)17-21-8-5-9-22(27)15-21/h5-10,15-16H,4,11-14,17H2,1-3H3,(H,30,33). The number of amides is 2. The molecule has 1 fully saturated rings. The van der Waals surface area contributed by atoms with E-state index in [-0.39, 0.29) is 11.8 Å². The molecule has 0 spiro atoms. The van der Waals surface area contributed by atoms with E-state index in [0.717, 1.165) is 34.7 Å². The predicted octanol–water partition coefficient (Wildman–Crippen LogP) is 4.74. The first-order valence-corrected chi connectivity index (χ1v) is 11.4. The van der Waals surface area contributed by atoms with Gasteiger partial charge in [0.15, 0.2) is 0 Å². The quantitative estimate of drug-likeness (QED) is 0.614. The summed E-state index contributed by atoms with van der Waals surface area (Å²) in [5.74, 6) is 1.34. The van der Waals surface area contributed by atoms with E-state index >= 15 is 0 Å². The number of halogens is 1. The molecular weight excluding hydrogens is 417 g/mol. The predicted molar refractivity (Wildman–Crippen MR) is 129 cm³/mol. The Bertz CT molecular complexity index is 1140. The molecule has 4 rings (SSSR count). The number of hydrogen-bond donors (Lipinski definition) is 1. The van der Waals surface area contributed by atoms with E-state index in [4.69, 9.17) is 4.98 Å². The number of rotatable bonds is 5. The molecule has 2 amide bonds. The lowest BCUT2D eigenvalue weighted by molar-refractivity contribution is 0.208. The van der Waals surface area contributed by atoms with Gasteiger partial charge in [0.1, 0.15) is 17.5 Å². The Balaban J connectivity index is 1.46. The van der Waals surface area contributed by atoms with Crippen LogP contribution in [0.15, 0.2) is 48.5 Å². The largest absolute Gasteiger partial charge is 0.353 e. The van der Waals surface area contributed by atoms with Crippen molar-refractivity contribution in [2.24, 2.45) is 0 Å². The van der Waals surface area contributed by atoms with Gasteiger partial charge in [-0.15, -0.1) is 0 Å². The van der Waals surface area contributed by atoms with Crippen molar-refractivity contribution in [1.82, 2.24) is 14.9 Å². The Morgan fingerprint density at radius 3 is 2.45 bits per heavy atom. The van der Waals surface area contributed by atoms with Crippen LogP contribution in [0, 0.1) is 19.7 Å². The van der Waals surface area contributed by atoms with E-state index in [1.165, 1.54) is 11.6 Å². The van der Waals surface area contributed by atoms with Crippen molar-refractivity contribution < 1.29 is 9.18 Å². The zero-order valence-electron chi connectivity index (χ0n) is 19.4. The van der Waals surface area contributed by atoms with E-state index in [1.54, 1.807) is 12.1 Å². The van der Waals surface area contributed by atoms with Gasteiger partial charge in [-0.1, -0.05) is 31.2 Å². The number of carbonyl (C=O) groups is 1. The normalized spacial score (nSPS) is 13.8. The number of nitrogens with one attached hydrogen (secondary N) is 1. The summed E-state index contributed by atoms with van der Waals surface area (Å²) in [6.07, 6.45) is 1.49. The van der Waals surface area contributed by atoms with Crippen molar-refractivity contribution in [2.75, 3.05) is 36.4 Å². The average molecular weight is 448 g/mol. The van der Waals surface area contributed by atoms with Gasteiger partial charge in [0, 0.05) is 49.5 Å². The van der Waals surface area contributed by atoms with Crippen LogP contribution < -0.4 is 10.2 Å². The van der Waals surface area contributed by atoms with E-state index in [1.807, 2.05) is 43.0 Å². The molecule has 6 nitrogen and oxygen atoms in total. The summed E-state index contributed by atoms with van der Waals surface area (Å²) in [5, 5.41) is 3.02. The number of anilines is 2. The number of urea groups is 1. The second-order valence-electron chi connectivity index (χ2n) is 8.42. The zero-order valence-corrected chi connectivity index (χ0v) is 19.4. The minimum absolute atomic E-state index is 0.0852. The van der Waals surface area contributed by atoms with E-state index in [0.29, 0.717) is 38.4 Å². The van der Waals surface area contributed by atoms with E-state index in [9.17, 15) is 9.18 Å². The molecule has 2 heterocycles. The molecule has 0 aliphatic carbocycles. The fraction of sp³-hybridized carbons (Fsp3) is 0.346. The van der Waals surface area contributed by atoms with E-state index < -0.39 is 0 Å². The van der Waals surface area contributed by atoms with Gasteiger partial charge < -0.3 is 15.1 Å². The van der Waals surface area contributed by atoms with E-state index in [2.05, 4.69) is 28.2 Å². The van der Waals surface area contributed by atoms with Crippen LogP contribution in [-0.2, 0) is 12.8 Å². The number of aromatic nitrogens is 2. The molecule has 0 bridgehead atoms. The van der Waals surface area contributed by atoms with Gasteiger partial charge in [-0.3, -0.25) is 0 Å². The maximum absolute atomic E-state index is 13.7. The summed E-state index contributed by atoms with van der Waals surface area (Å²) >= 11 is 0. The summed E-state index contributed by atoms with van der Waals surface area (Å²) in [6, 6.07) is 14.5. The van der Waals surface area contributed by atoms with Crippen LogP contribution in [0.4, 0.5) is 20.7 Å². The Kier molecular flexibility index (Phi) is 6.87. The molecule has 1 aliphatic rings. The molecule has 33 heavy (non-hydrogen) atoms. The molecule has 0 radical (unpaired) electrons. The number of hydrogen-bond acceptors (Lipinski definition) is 4. The van der Waals surface area contributed by atoms with Gasteiger partial charge in [-0.2, -0.15) is 0 Å². The average Bonchev–Trinajstić information content (AvgIpc) is 2.81. The Morgan fingerprint density at radius 1 is 1.00 bits per heavy atom. The highest BCUT2D eigenvalue weighted by atomic mass is 19.1. The molecule has 0 unspecified atom stereocenters. The number of carbonyl (C=O) groups excluding carboxylic acids is 1. The molecular formula is C26H30FN5O. The van der Waals surface area contributed by atoms with Crippen LogP contribution in [-0.4, -0.2) is 47.1 Å². The van der Waals surface area contributed by atoms with Crippen LogP contribution in [0.1, 0.15) is 35.1 Å². The van der Waals surface area contributed by atoms with Crippen LogP contribution in [0.25, 0.3) is 0 Å². The fourth-order valence-corrected chi connectivity index (χ4v) is 4.23. The second-order valence-corrected chi connectivity index (χ2v) is 8.42. The van der Waals surface area contributed by atoms with Gasteiger partial charge in [0.2, 0.25) is 0 Å². The van der Waals surface area contributed by atoms with Gasteiger partial charge in [0.05, 0.1) is 0 Å². The van der Waals surface area contributed by atoms with Crippen molar-refractivity contribution in [3.8, 4) is 0 Å². The first kappa shape index (κ1) is 22.7. The van der Waals surface area contributed by atoms with Gasteiger partial charge in [-0.25, -0.2) is 19.2 Å². The van der Waals surface area contributed by atoms with Crippen molar-refractivity contribution in [2.45, 2.75) is 33.6 Å². The highest BCUT2D eigenvalue weighted by Crippen LogP contribution is 2.25. The summed E-state index contributed by atoms with van der Waals surface area (Å²) in [7, 11) is 0. The summed E-state index contributed by atoms with van der Waals surface area (Å²) in [5.41, 5.74) is 4.80. The highest BCUT2D eigenvalue weighted by Gasteiger charge is 2.25. The third-order valence-electron chi connectivity index (χ3n) is 6.03. The first-order valence-electron chi connectivity index (χ1n) is 11.4.